The van der Waals surface area contributed by atoms with Crippen LogP contribution in [0.2, 0.25) is 5.02 Å². The van der Waals surface area contributed by atoms with Crippen LogP contribution in [0.1, 0.15) is 5.56 Å². The zero-order valence-corrected chi connectivity index (χ0v) is 17.5. The maximum atomic E-state index is 12.7. The Kier molecular flexibility index (Phi) is 5.07. The van der Waals surface area contributed by atoms with Gasteiger partial charge in [0.05, 0.1) is 17.4 Å². The first kappa shape index (κ1) is 19.5. The van der Waals surface area contributed by atoms with Crippen LogP contribution in [-0.2, 0) is 10.0 Å². The first-order valence-electron chi connectivity index (χ1n) is 8.38. The van der Waals surface area contributed by atoms with Gasteiger partial charge in [0, 0.05) is 15.3 Å². The molecular weight excluding hydrogens is 432 g/mol. The molecule has 0 aliphatic rings. The first-order valence-corrected chi connectivity index (χ1v) is 10.7. The van der Waals surface area contributed by atoms with Crippen LogP contribution in [0.15, 0.2) is 58.5 Å². The Labute approximate surface area is 177 Å². The standard InChI is InChI=1S/C18H15ClN6O2S2/c1-10-6-16(15(28)8-13(10)19)29(26,27)25-18-22-17(23-24-18)21-12-7-11-4-2-3-5-14(11)20-9-12/h2-9,28H,1H3,(H3,21,22,23,24,25). The molecule has 2 aromatic heterocycles. The number of thiol groups is 1. The van der Waals surface area contributed by atoms with E-state index in [0.717, 1.165) is 10.9 Å². The van der Waals surface area contributed by atoms with Crippen molar-refractivity contribution < 1.29 is 8.42 Å². The van der Waals surface area contributed by atoms with Gasteiger partial charge in [-0.15, -0.1) is 17.7 Å². The molecule has 3 N–H and O–H groups in total. The summed E-state index contributed by atoms with van der Waals surface area (Å²) in [6, 6.07) is 12.5. The van der Waals surface area contributed by atoms with E-state index in [1.807, 2.05) is 30.3 Å². The number of hydrogen-bond acceptors (Lipinski definition) is 7. The summed E-state index contributed by atoms with van der Waals surface area (Å²) in [5, 5.41) is 10.9. The molecule has 2 aromatic carbocycles. The summed E-state index contributed by atoms with van der Waals surface area (Å²) in [4.78, 5) is 8.68. The molecule has 0 radical (unpaired) electrons. The molecule has 148 valence electrons. The number of aryl methyl sites for hydroxylation is 1. The van der Waals surface area contributed by atoms with Gasteiger partial charge in [0.25, 0.3) is 16.0 Å². The van der Waals surface area contributed by atoms with E-state index in [0.29, 0.717) is 16.3 Å². The van der Waals surface area contributed by atoms with Gasteiger partial charge in [-0.1, -0.05) is 29.8 Å². The van der Waals surface area contributed by atoms with Gasteiger partial charge in [-0.05, 0) is 36.8 Å². The van der Waals surface area contributed by atoms with Gasteiger partial charge < -0.3 is 5.32 Å². The van der Waals surface area contributed by atoms with E-state index in [2.05, 4.69) is 42.8 Å². The molecule has 4 rings (SSSR count). The van der Waals surface area contributed by atoms with Crippen molar-refractivity contribution in [1.82, 2.24) is 20.2 Å². The van der Waals surface area contributed by atoms with Gasteiger partial charge in [-0.3, -0.25) is 4.98 Å². The maximum absolute atomic E-state index is 12.7. The molecule has 2 heterocycles. The van der Waals surface area contributed by atoms with Gasteiger partial charge in [0.2, 0.25) is 5.95 Å². The van der Waals surface area contributed by atoms with Gasteiger partial charge in [-0.25, -0.2) is 18.2 Å². The zero-order chi connectivity index (χ0) is 20.6. The van der Waals surface area contributed by atoms with E-state index in [1.165, 1.54) is 12.1 Å². The summed E-state index contributed by atoms with van der Waals surface area (Å²) < 4.78 is 27.7. The predicted octanol–water partition coefficient (Wildman–Crippen LogP) is 4.15. The third kappa shape index (κ3) is 4.14. The average molecular weight is 447 g/mol. The molecule has 0 atom stereocenters. The second-order valence-corrected chi connectivity index (χ2v) is 8.76. The van der Waals surface area contributed by atoms with E-state index in [-0.39, 0.29) is 21.7 Å². The molecule has 0 aliphatic heterocycles. The lowest BCUT2D eigenvalue weighted by Crippen LogP contribution is -2.15. The minimum absolute atomic E-state index is 0.0132. The van der Waals surface area contributed by atoms with E-state index >= 15 is 0 Å². The third-order valence-electron chi connectivity index (χ3n) is 4.09. The number of nitrogens with one attached hydrogen (secondary N) is 3. The fourth-order valence-corrected chi connectivity index (χ4v) is 4.58. The fourth-order valence-electron chi connectivity index (χ4n) is 2.67. The van der Waals surface area contributed by atoms with E-state index in [4.69, 9.17) is 11.6 Å². The number of pyridine rings is 1. The van der Waals surface area contributed by atoms with Crippen molar-refractivity contribution in [3.05, 3.63) is 59.2 Å². The fraction of sp³-hybridized carbons (Fsp3) is 0.0556. The lowest BCUT2D eigenvalue weighted by atomic mass is 10.2. The third-order valence-corrected chi connectivity index (χ3v) is 6.39. The largest absolute Gasteiger partial charge is 0.323 e. The van der Waals surface area contributed by atoms with Crippen LogP contribution in [0, 0.1) is 6.92 Å². The van der Waals surface area contributed by atoms with E-state index in [9.17, 15) is 8.42 Å². The molecular formula is C18H15ClN6O2S2. The highest BCUT2D eigenvalue weighted by Crippen LogP contribution is 2.28. The molecule has 0 saturated heterocycles. The van der Waals surface area contributed by atoms with Crippen LogP contribution in [0.5, 0.6) is 0 Å². The van der Waals surface area contributed by atoms with Gasteiger partial charge >= 0.3 is 0 Å². The quantitative estimate of drug-likeness (QED) is 0.342. The van der Waals surface area contributed by atoms with Crippen molar-refractivity contribution in [3.8, 4) is 0 Å². The molecule has 0 bridgehead atoms. The highest BCUT2D eigenvalue weighted by molar-refractivity contribution is 7.93. The molecule has 0 amide bonds. The van der Waals surface area contributed by atoms with Crippen LogP contribution in [0.25, 0.3) is 10.9 Å². The highest BCUT2D eigenvalue weighted by Gasteiger charge is 2.21. The number of hydrogen-bond donors (Lipinski definition) is 4. The van der Waals surface area contributed by atoms with Crippen LogP contribution in [0.4, 0.5) is 17.6 Å². The highest BCUT2D eigenvalue weighted by atomic mass is 35.5. The molecule has 0 fully saturated rings. The summed E-state index contributed by atoms with van der Waals surface area (Å²) >= 11 is 10.2. The van der Waals surface area contributed by atoms with Crippen LogP contribution < -0.4 is 10.0 Å². The van der Waals surface area contributed by atoms with E-state index in [1.54, 1.807) is 13.1 Å². The molecule has 11 heteroatoms. The van der Waals surface area contributed by atoms with Crippen molar-refractivity contribution in [2.45, 2.75) is 16.7 Å². The Bertz CT molecular complexity index is 1320. The minimum Gasteiger partial charge on any atom is -0.323 e. The smallest absolute Gasteiger partial charge is 0.265 e. The van der Waals surface area contributed by atoms with Gasteiger partial charge in [0.15, 0.2) is 0 Å². The second kappa shape index (κ2) is 7.54. The van der Waals surface area contributed by atoms with E-state index < -0.39 is 10.0 Å². The molecule has 8 nitrogen and oxygen atoms in total. The summed E-state index contributed by atoms with van der Waals surface area (Å²) in [6.07, 6.45) is 1.65. The van der Waals surface area contributed by atoms with Crippen molar-refractivity contribution >= 4 is 62.7 Å². The normalized spacial score (nSPS) is 11.6. The number of sulfonamides is 1. The number of benzene rings is 2. The zero-order valence-electron chi connectivity index (χ0n) is 15.0. The number of para-hydroxylation sites is 1. The monoisotopic (exact) mass is 446 g/mol. The molecule has 0 saturated carbocycles. The molecule has 29 heavy (non-hydrogen) atoms. The van der Waals surface area contributed by atoms with Crippen molar-refractivity contribution in [2.24, 2.45) is 0 Å². The first-order chi connectivity index (χ1) is 13.8. The van der Waals surface area contributed by atoms with Crippen LogP contribution >= 0.6 is 24.2 Å². The van der Waals surface area contributed by atoms with Crippen LogP contribution in [-0.4, -0.2) is 28.6 Å². The van der Waals surface area contributed by atoms with Gasteiger partial charge in [-0.2, -0.15) is 4.98 Å². The van der Waals surface area contributed by atoms with Crippen molar-refractivity contribution in [3.63, 3.8) is 0 Å². The number of aromatic amines is 1. The number of halogens is 1. The summed E-state index contributed by atoms with van der Waals surface area (Å²) in [5.41, 5.74) is 2.16. The summed E-state index contributed by atoms with van der Waals surface area (Å²) in [6.45, 7) is 1.71. The number of rotatable bonds is 5. The molecule has 4 aromatic rings. The number of fused-ring (bicyclic) bond motifs is 1. The Hall–Kier alpha value is -2.82. The predicted molar refractivity (Wildman–Crippen MR) is 116 cm³/mol. The lowest BCUT2D eigenvalue weighted by Gasteiger charge is -2.09. The number of aromatic nitrogens is 4. The lowest BCUT2D eigenvalue weighted by molar-refractivity contribution is 0.599. The van der Waals surface area contributed by atoms with Gasteiger partial charge in [0.1, 0.15) is 4.90 Å². The molecule has 0 aliphatic carbocycles. The second-order valence-electron chi connectivity index (χ2n) is 6.22. The average Bonchev–Trinajstić information content (AvgIpc) is 3.10. The van der Waals surface area contributed by atoms with Crippen molar-refractivity contribution in [2.75, 3.05) is 10.0 Å². The topological polar surface area (TPSA) is 113 Å². The number of nitrogens with zero attached hydrogens (tertiary/aromatic N) is 3. The number of H-pyrrole nitrogens is 1. The summed E-state index contributed by atoms with van der Waals surface area (Å²) in [7, 11) is -3.94. The molecule has 0 spiro atoms. The summed E-state index contributed by atoms with van der Waals surface area (Å²) in [5.74, 6) is 0.153. The Morgan fingerprint density at radius 3 is 2.79 bits per heavy atom. The van der Waals surface area contributed by atoms with Crippen LogP contribution in [0.3, 0.4) is 0 Å². The molecule has 0 unspecified atom stereocenters. The maximum Gasteiger partial charge on any atom is 0.265 e. The Balaban J connectivity index is 1.55. The Morgan fingerprint density at radius 1 is 1.17 bits per heavy atom. The number of anilines is 3. The SMILES string of the molecule is Cc1cc(S(=O)(=O)Nc2n[nH]c(Nc3cnc4ccccc4c3)n2)c(S)cc1Cl. The minimum atomic E-state index is -3.94. The Morgan fingerprint density at radius 2 is 1.97 bits per heavy atom. The van der Waals surface area contributed by atoms with Crippen molar-refractivity contribution in [1.29, 1.82) is 0 Å².